The molecule has 1 N–H and O–H groups in total. The minimum absolute atomic E-state index is 0.227. The predicted octanol–water partition coefficient (Wildman–Crippen LogP) is 6.18. The van der Waals surface area contributed by atoms with E-state index in [2.05, 4.69) is 11.4 Å². The van der Waals surface area contributed by atoms with Gasteiger partial charge in [0.2, 0.25) is 5.75 Å². The van der Waals surface area contributed by atoms with E-state index in [4.69, 9.17) is 19.2 Å². The van der Waals surface area contributed by atoms with Crippen LogP contribution < -0.4 is 19.5 Å². The molecule has 2 aromatic heterocycles. The normalized spacial score (nSPS) is 12.9. The van der Waals surface area contributed by atoms with Crippen molar-refractivity contribution >= 4 is 43.8 Å². The lowest BCUT2D eigenvalue weighted by atomic mass is 9.95. The van der Waals surface area contributed by atoms with Crippen molar-refractivity contribution in [2.45, 2.75) is 25.7 Å². The number of rotatable bonds is 6. The van der Waals surface area contributed by atoms with Gasteiger partial charge in [-0.1, -0.05) is 12.1 Å². The number of amides is 1. The van der Waals surface area contributed by atoms with Crippen LogP contribution in [0, 0.1) is 0 Å². The van der Waals surface area contributed by atoms with Gasteiger partial charge >= 0.3 is 0 Å². The van der Waals surface area contributed by atoms with Gasteiger partial charge in [-0.25, -0.2) is 4.98 Å². The van der Waals surface area contributed by atoms with Gasteiger partial charge in [0, 0.05) is 16.0 Å². The van der Waals surface area contributed by atoms with Crippen LogP contribution >= 0.6 is 22.7 Å². The Labute approximate surface area is 200 Å². The molecule has 1 aliphatic carbocycles. The first kappa shape index (κ1) is 21.7. The van der Waals surface area contributed by atoms with Gasteiger partial charge in [-0.2, -0.15) is 0 Å². The van der Waals surface area contributed by atoms with Crippen LogP contribution in [0.5, 0.6) is 17.2 Å². The van der Waals surface area contributed by atoms with Crippen molar-refractivity contribution in [3.05, 3.63) is 52.4 Å². The molecule has 1 aliphatic rings. The molecular weight excluding hydrogens is 456 g/mol. The molecule has 0 unspecified atom stereocenters. The van der Waals surface area contributed by atoms with Crippen LogP contribution in [0.25, 0.3) is 20.8 Å². The molecule has 0 saturated carbocycles. The lowest BCUT2D eigenvalue weighted by Crippen LogP contribution is -2.12. The molecule has 0 fully saturated rings. The third-order valence-corrected chi connectivity index (χ3v) is 8.09. The van der Waals surface area contributed by atoms with Crippen molar-refractivity contribution < 1.29 is 19.0 Å². The summed E-state index contributed by atoms with van der Waals surface area (Å²) in [7, 11) is 4.62. The Morgan fingerprint density at radius 2 is 1.70 bits per heavy atom. The summed E-state index contributed by atoms with van der Waals surface area (Å²) in [6, 6.07) is 11.5. The van der Waals surface area contributed by atoms with Crippen LogP contribution in [0.1, 0.15) is 33.6 Å². The Morgan fingerprint density at radius 1 is 0.970 bits per heavy atom. The SMILES string of the molecule is COc1cc(C(=O)Nc2sc3c(c2-c2nc4ccccc4s2)CCCC3)cc(OC)c1OC. The average Bonchev–Trinajstić information content (AvgIpc) is 3.43. The molecular formula is C25H24N2O4S2. The highest BCUT2D eigenvalue weighted by molar-refractivity contribution is 7.23. The van der Waals surface area contributed by atoms with Gasteiger partial charge in [0.25, 0.3) is 5.91 Å². The molecule has 0 bridgehead atoms. The molecule has 2 heterocycles. The summed E-state index contributed by atoms with van der Waals surface area (Å²) in [6.45, 7) is 0. The third kappa shape index (κ3) is 3.94. The van der Waals surface area contributed by atoms with Crippen molar-refractivity contribution in [1.82, 2.24) is 4.98 Å². The first-order valence-corrected chi connectivity index (χ1v) is 12.4. The number of nitrogens with zero attached hydrogens (tertiary/aromatic N) is 1. The first-order chi connectivity index (χ1) is 16.1. The molecule has 33 heavy (non-hydrogen) atoms. The first-order valence-electron chi connectivity index (χ1n) is 10.7. The molecule has 1 amide bonds. The minimum Gasteiger partial charge on any atom is -0.493 e. The van der Waals surface area contributed by atoms with Gasteiger partial charge in [0.1, 0.15) is 10.0 Å². The second-order valence-corrected chi connectivity index (χ2v) is 9.91. The molecule has 4 aromatic rings. The van der Waals surface area contributed by atoms with E-state index in [1.165, 1.54) is 31.1 Å². The summed E-state index contributed by atoms with van der Waals surface area (Å²) in [4.78, 5) is 19.6. The number of carbonyl (C=O) groups excluding carboxylic acids is 1. The van der Waals surface area contributed by atoms with Crippen LogP contribution in [0.3, 0.4) is 0 Å². The quantitative estimate of drug-likeness (QED) is 0.357. The number of nitrogens with one attached hydrogen (secondary N) is 1. The van der Waals surface area contributed by atoms with Gasteiger partial charge in [0.15, 0.2) is 11.5 Å². The lowest BCUT2D eigenvalue weighted by Gasteiger charge is -2.14. The number of aryl methyl sites for hydroxylation is 1. The molecule has 6 nitrogen and oxygen atoms in total. The summed E-state index contributed by atoms with van der Waals surface area (Å²) >= 11 is 3.33. The van der Waals surface area contributed by atoms with E-state index >= 15 is 0 Å². The van der Waals surface area contributed by atoms with Gasteiger partial charge in [-0.05, 0) is 55.5 Å². The highest BCUT2D eigenvalue weighted by Crippen LogP contribution is 2.46. The molecule has 0 saturated heterocycles. The average molecular weight is 481 g/mol. The zero-order chi connectivity index (χ0) is 22.9. The van der Waals surface area contributed by atoms with E-state index in [0.29, 0.717) is 22.8 Å². The Balaban J connectivity index is 1.56. The Bertz CT molecular complexity index is 1280. The van der Waals surface area contributed by atoms with E-state index < -0.39 is 0 Å². The summed E-state index contributed by atoms with van der Waals surface area (Å²) in [5, 5.41) is 4.96. The van der Waals surface area contributed by atoms with Crippen molar-refractivity contribution in [2.24, 2.45) is 0 Å². The second kappa shape index (κ2) is 9.03. The fourth-order valence-corrected chi connectivity index (χ4v) is 6.64. The molecule has 2 aromatic carbocycles. The van der Waals surface area contributed by atoms with Crippen molar-refractivity contribution in [3.63, 3.8) is 0 Å². The zero-order valence-electron chi connectivity index (χ0n) is 18.7. The summed E-state index contributed by atoms with van der Waals surface area (Å²) in [5.74, 6) is 1.12. The van der Waals surface area contributed by atoms with Crippen LogP contribution in [0.2, 0.25) is 0 Å². The maximum Gasteiger partial charge on any atom is 0.256 e. The lowest BCUT2D eigenvalue weighted by molar-refractivity contribution is 0.102. The van der Waals surface area contributed by atoms with E-state index in [9.17, 15) is 4.79 Å². The highest BCUT2D eigenvalue weighted by Gasteiger charge is 2.26. The van der Waals surface area contributed by atoms with Crippen molar-refractivity contribution in [3.8, 4) is 27.8 Å². The maximum absolute atomic E-state index is 13.3. The smallest absolute Gasteiger partial charge is 0.256 e. The number of aromatic nitrogens is 1. The molecule has 8 heteroatoms. The number of anilines is 1. The van der Waals surface area contributed by atoms with E-state index in [1.807, 2.05) is 18.2 Å². The topological polar surface area (TPSA) is 69.7 Å². The minimum atomic E-state index is -0.227. The van der Waals surface area contributed by atoms with Crippen LogP contribution in [0.4, 0.5) is 5.00 Å². The highest BCUT2D eigenvalue weighted by atomic mass is 32.1. The second-order valence-electron chi connectivity index (χ2n) is 7.77. The molecule has 0 radical (unpaired) electrons. The monoisotopic (exact) mass is 480 g/mol. The Hall–Kier alpha value is -3.10. The number of fused-ring (bicyclic) bond motifs is 2. The number of thiazole rings is 1. The number of ether oxygens (including phenoxy) is 3. The number of hydrogen-bond donors (Lipinski definition) is 1. The number of carbonyl (C=O) groups is 1. The fourth-order valence-electron chi connectivity index (χ4n) is 4.25. The summed E-state index contributed by atoms with van der Waals surface area (Å²) in [5.41, 5.74) is 3.81. The fraction of sp³-hybridized carbons (Fsp3) is 0.280. The van der Waals surface area contributed by atoms with E-state index in [0.717, 1.165) is 45.1 Å². The molecule has 5 rings (SSSR count). The molecule has 170 valence electrons. The number of benzene rings is 2. The molecule has 0 aliphatic heterocycles. The Morgan fingerprint density at radius 3 is 2.39 bits per heavy atom. The van der Waals surface area contributed by atoms with Crippen LogP contribution in [-0.2, 0) is 12.8 Å². The van der Waals surface area contributed by atoms with Gasteiger partial charge in [-0.15, -0.1) is 22.7 Å². The van der Waals surface area contributed by atoms with Gasteiger partial charge < -0.3 is 19.5 Å². The summed E-state index contributed by atoms with van der Waals surface area (Å²) < 4.78 is 17.4. The van der Waals surface area contributed by atoms with E-state index in [1.54, 1.807) is 41.9 Å². The maximum atomic E-state index is 13.3. The summed E-state index contributed by atoms with van der Waals surface area (Å²) in [6.07, 6.45) is 4.38. The number of para-hydroxylation sites is 1. The zero-order valence-corrected chi connectivity index (χ0v) is 20.3. The van der Waals surface area contributed by atoms with Crippen molar-refractivity contribution in [2.75, 3.05) is 26.6 Å². The number of hydrogen-bond acceptors (Lipinski definition) is 7. The third-order valence-electron chi connectivity index (χ3n) is 5.83. The van der Waals surface area contributed by atoms with Gasteiger partial charge in [0.05, 0.1) is 31.5 Å². The standard InChI is InChI=1S/C25H24N2O4S2/c1-29-17-12-14(13-18(30-2)22(17)31-3)23(28)27-25-21(15-8-4-6-10-19(15)32-25)24-26-16-9-5-7-11-20(16)33-24/h5,7,9,11-13H,4,6,8,10H2,1-3H3,(H,27,28). The Kier molecular flexibility index (Phi) is 5.95. The predicted molar refractivity (Wildman–Crippen MR) is 134 cm³/mol. The molecule has 0 spiro atoms. The molecule has 0 atom stereocenters. The van der Waals surface area contributed by atoms with Crippen LogP contribution in [0.15, 0.2) is 36.4 Å². The number of thiophene rings is 1. The number of methoxy groups -OCH3 is 3. The van der Waals surface area contributed by atoms with Crippen LogP contribution in [-0.4, -0.2) is 32.2 Å². The van der Waals surface area contributed by atoms with Gasteiger partial charge in [-0.3, -0.25) is 4.79 Å². The largest absolute Gasteiger partial charge is 0.493 e. The van der Waals surface area contributed by atoms with Crippen molar-refractivity contribution in [1.29, 1.82) is 0 Å². The van der Waals surface area contributed by atoms with E-state index in [-0.39, 0.29) is 5.91 Å².